The number of likely N-dealkylation sites (tertiary alicyclic amines) is 1. The van der Waals surface area contributed by atoms with Gasteiger partial charge in [0, 0.05) is 37.6 Å². The molecule has 1 saturated heterocycles. The van der Waals surface area contributed by atoms with E-state index >= 15 is 0 Å². The summed E-state index contributed by atoms with van der Waals surface area (Å²) in [6.45, 7) is 6.59. The monoisotopic (exact) mass is 270 g/mol. The zero-order chi connectivity index (χ0) is 14.4. The lowest BCUT2D eigenvalue weighted by atomic mass is 10.0. The molecule has 0 saturated carbocycles. The summed E-state index contributed by atoms with van der Waals surface area (Å²) in [6, 6.07) is 0.944. The van der Waals surface area contributed by atoms with Gasteiger partial charge >= 0.3 is 0 Å². The molecule has 0 aromatic rings. The minimum absolute atomic E-state index is 0.109. The molecule has 1 heterocycles. The maximum absolute atomic E-state index is 11.9. The summed E-state index contributed by atoms with van der Waals surface area (Å²) in [5.74, 6) is 0.109. The quantitative estimate of drug-likeness (QED) is 0.726. The van der Waals surface area contributed by atoms with Crippen LogP contribution in [0.5, 0.6) is 0 Å². The molecule has 5 nitrogen and oxygen atoms in total. The number of rotatable bonds is 6. The average Bonchev–Trinajstić information content (AvgIpc) is 2.35. The van der Waals surface area contributed by atoms with Gasteiger partial charge in [-0.05, 0) is 47.3 Å². The number of nitrogens with two attached hydrogens (primary N) is 1. The molecule has 0 aromatic heterocycles. The number of nitrogens with one attached hydrogen (secondary N) is 1. The van der Waals surface area contributed by atoms with Gasteiger partial charge in [-0.1, -0.05) is 0 Å². The van der Waals surface area contributed by atoms with E-state index in [9.17, 15) is 4.79 Å². The highest BCUT2D eigenvalue weighted by Crippen LogP contribution is 2.17. The van der Waals surface area contributed by atoms with Gasteiger partial charge in [0.2, 0.25) is 5.91 Å². The summed E-state index contributed by atoms with van der Waals surface area (Å²) in [5.41, 5.74) is 5.87. The molecule has 0 aliphatic carbocycles. The summed E-state index contributed by atoms with van der Waals surface area (Å²) in [6.07, 6.45) is 2.93. The molecule has 19 heavy (non-hydrogen) atoms. The van der Waals surface area contributed by atoms with E-state index < -0.39 is 0 Å². The standard InChI is InChI=1S/C14H30N4O/c1-11(2)16-14(19)8-13(9-15)18-7-5-6-12(10-18)17(3)4/h11-13H,5-10,15H2,1-4H3,(H,16,19). The molecule has 0 aromatic carbocycles. The smallest absolute Gasteiger partial charge is 0.221 e. The van der Waals surface area contributed by atoms with Crippen LogP contribution < -0.4 is 11.1 Å². The third-order valence-electron chi connectivity index (χ3n) is 3.82. The van der Waals surface area contributed by atoms with Gasteiger partial charge in [0.1, 0.15) is 0 Å². The van der Waals surface area contributed by atoms with E-state index in [-0.39, 0.29) is 18.0 Å². The molecule has 1 aliphatic heterocycles. The van der Waals surface area contributed by atoms with Crippen molar-refractivity contribution >= 4 is 5.91 Å². The molecule has 0 spiro atoms. The van der Waals surface area contributed by atoms with Crippen LogP contribution in [0.4, 0.5) is 0 Å². The summed E-state index contributed by atoms with van der Waals surface area (Å²) in [4.78, 5) is 16.5. The van der Waals surface area contributed by atoms with Gasteiger partial charge in [0.25, 0.3) is 0 Å². The maximum Gasteiger partial charge on any atom is 0.221 e. The Morgan fingerprint density at radius 3 is 2.68 bits per heavy atom. The Kier molecular flexibility index (Phi) is 6.75. The number of piperidine rings is 1. The van der Waals surface area contributed by atoms with Crippen molar-refractivity contribution in [2.75, 3.05) is 33.7 Å². The summed E-state index contributed by atoms with van der Waals surface area (Å²) < 4.78 is 0. The third-order valence-corrected chi connectivity index (χ3v) is 3.82. The van der Waals surface area contributed by atoms with Gasteiger partial charge in [-0.3, -0.25) is 9.69 Å². The van der Waals surface area contributed by atoms with Crippen LogP contribution in [0, 0.1) is 0 Å². The number of amides is 1. The van der Waals surface area contributed by atoms with Crippen molar-refractivity contribution in [3.05, 3.63) is 0 Å². The van der Waals surface area contributed by atoms with Gasteiger partial charge in [-0.15, -0.1) is 0 Å². The van der Waals surface area contributed by atoms with Crippen molar-refractivity contribution in [3.63, 3.8) is 0 Å². The molecular formula is C14H30N4O. The number of likely N-dealkylation sites (N-methyl/N-ethyl adjacent to an activating group) is 1. The van der Waals surface area contributed by atoms with E-state index in [0.717, 1.165) is 13.1 Å². The Morgan fingerprint density at radius 2 is 2.16 bits per heavy atom. The summed E-state index contributed by atoms with van der Waals surface area (Å²) >= 11 is 0. The molecule has 3 N–H and O–H groups in total. The molecular weight excluding hydrogens is 240 g/mol. The lowest BCUT2D eigenvalue weighted by Crippen LogP contribution is -2.52. The van der Waals surface area contributed by atoms with Gasteiger partial charge in [0.15, 0.2) is 0 Å². The van der Waals surface area contributed by atoms with E-state index in [2.05, 4.69) is 29.2 Å². The first kappa shape index (κ1) is 16.4. The number of hydrogen-bond donors (Lipinski definition) is 2. The second kappa shape index (κ2) is 7.82. The molecule has 5 heteroatoms. The van der Waals surface area contributed by atoms with Crippen LogP contribution in [-0.4, -0.2) is 67.6 Å². The first-order chi connectivity index (χ1) is 8.93. The summed E-state index contributed by atoms with van der Waals surface area (Å²) in [7, 11) is 4.24. The Labute approximate surface area is 117 Å². The Balaban J connectivity index is 2.51. The van der Waals surface area contributed by atoms with Gasteiger partial charge < -0.3 is 16.0 Å². The number of nitrogens with zero attached hydrogens (tertiary/aromatic N) is 2. The van der Waals surface area contributed by atoms with Gasteiger partial charge in [-0.25, -0.2) is 0 Å². The molecule has 2 atom stereocenters. The minimum atomic E-state index is 0.109. The molecule has 0 bridgehead atoms. The highest BCUT2D eigenvalue weighted by molar-refractivity contribution is 5.76. The van der Waals surface area contributed by atoms with Crippen molar-refractivity contribution in [1.82, 2.24) is 15.1 Å². The molecule has 1 fully saturated rings. The van der Waals surface area contributed by atoms with E-state index in [1.54, 1.807) is 0 Å². The highest BCUT2D eigenvalue weighted by atomic mass is 16.1. The van der Waals surface area contributed by atoms with Crippen molar-refractivity contribution in [2.24, 2.45) is 5.73 Å². The van der Waals surface area contributed by atoms with Crippen LogP contribution in [0.2, 0.25) is 0 Å². The maximum atomic E-state index is 11.9. The fourth-order valence-electron chi connectivity index (χ4n) is 2.69. The average molecular weight is 270 g/mol. The molecule has 1 aliphatic rings. The number of hydrogen-bond acceptors (Lipinski definition) is 4. The van der Waals surface area contributed by atoms with Crippen LogP contribution in [-0.2, 0) is 4.79 Å². The zero-order valence-corrected chi connectivity index (χ0v) is 12.9. The first-order valence-electron chi connectivity index (χ1n) is 7.34. The van der Waals surface area contributed by atoms with Crippen molar-refractivity contribution in [1.29, 1.82) is 0 Å². The predicted octanol–water partition coefficient (Wildman–Crippen LogP) is 0.254. The van der Waals surface area contributed by atoms with Crippen molar-refractivity contribution in [3.8, 4) is 0 Å². The zero-order valence-electron chi connectivity index (χ0n) is 12.9. The number of carbonyl (C=O) groups excluding carboxylic acids is 1. The molecule has 1 amide bonds. The second-order valence-corrected chi connectivity index (χ2v) is 6.07. The van der Waals surface area contributed by atoms with Gasteiger partial charge in [0.05, 0.1) is 0 Å². The second-order valence-electron chi connectivity index (χ2n) is 6.07. The SMILES string of the molecule is CC(C)NC(=O)CC(CN)N1CCCC(N(C)C)C1. The van der Waals surface area contributed by atoms with E-state index in [0.29, 0.717) is 19.0 Å². The largest absolute Gasteiger partial charge is 0.354 e. The first-order valence-corrected chi connectivity index (χ1v) is 7.34. The predicted molar refractivity (Wildman–Crippen MR) is 79.0 cm³/mol. The van der Waals surface area contributed by atoms with Crippen LogP contribution in [0.15, 0.2) is 0 Å². The minimum Gasteiger partial charge on any atom is -0.354 e. The Hall–Kier alpha value is -0.650. The number of carbonyl (C=O) groups is 1. The molecule has 1 rings (SSSR count). The van der Waals surface area contributed by atoms with Crippen molar-refractivity contribution < 1.29 is 4.79 Å². The fraction of sp³-hybridized carbons (Fsp3) is 0.929. The normalized spacial score (nSPS) is 22.8. The lowest BCUT2D eigenvalue weighted by Gasteiger charge is -2.40. The Bertz CT molecular complexity index is 281. The van der Waals surface area contributed by atoms with E-state index in [4.69, 9.17) is 5.73 Å². The van der Waals surface area contributed by atoms with Crippen LogP contribution in [0.1, 0.15) is 33.1 Å². The van der Waals surface area contributed by atoms with E-state index in [1.165, 1.54) is 12.8 Å². The molecule has 112 valence electrons. The van der Waals surface area contributed by atoms with Crippen LogP contribution >= 0.6 is 0 Å². The molecule has 0 radical (unpaired) electrons. The Morgan fingerprint density at radius 1 is 1.47 bits per heavy atom. The molecule has 2 unspecified atom stereocenters. The third kappa shape index (κ3) is 5.47. The fourth-order valence-corrected chi connectivity index (χ4v) is 2.69. The van der Waals surface area contributed by atoms with Crippen molar-refractivity contribution in [2.45, 2.75) is 51.2 Å². The van der Waals surface area contributed by atoms with Crippen LogP contribution in [0.3, 0.4) is 0 Å². The lowest BCUT2D eigenvalue weighted by molar-refractivity contribution is -0.123. The topological polar surface area (TPSA) is 61.6 Å². The summed E-state index contributed by atoms with van der Waals surface area (Å²) in [5, 5.41) is 2.95. The van der Waals surface area contributed by atoms with Crippen LogP contribution in [0.25, 0.3) is 0 Å². The van der Waals surface area contributed by atoms with E-state index in [1.807, 2.05) is 13.8 Å². The highest BCUT2D eigenvalue weighted by Gasteiger charge is 2.27. The van der Waals surface area contributed by atoms with Gasteiger partial charge in [-0.2, -0.15) is 0 Å².